The minimum absolute atomic E-state index is 0. The molecule has 1 unspecified atom stereocenters. The molecule has 0 amide bonds. The number of hydrogen-bond acceptors (Lipinski definition) is 2. The molecule has 0 aromatic heterocycles. The summed E-state index contributed by atoms with van der Waals surface area (Å²) in [6, 6.07) is 0. The van der Waals surface area contributed by atoms with Crippen LogP contribution in [0.2, 0.25) is 0 Å². The van der Waals surface area contributed by atoms with Gasteiger partial charge < -0.3 is 14.9 Å². The van der Waals surface area contributed by atoms with Crippen molar-refractivity contribution in [3.8, 4) is 0 Å². The maximum atomic E-state index is 10.1. The van der Waals surface area contributed by atoms with Crippen molar-refractivity contribution in [2.75, 3.05) is 12.0 Å². The second-order valence-corrected chi connectivity index (χ2v) is 3.66. The Morgan fingerprint density at radius 2 is 1.90 bits per heavy atom. The molecule has 0 saturated heterocycles. The summed E-state index contributed by atoms with van der Waals surface area (Å²) >= 11 is 5.06. The molecule has 3 N–H and O–H groups in total. The van der Waals surface area contributed by atoms with Crippen LogP contribution in [-0.4, -0.2) is 62.6 Å². The first-order valence-electron chi connectivity index (χ1n) is 2.24. The zero-order valence-electron chi connectivity index (χ0n) is 4.57. The third-order valence-electron chi connectivity index (χ3n) is 0.627. The molecule has 0 bridgehead atoms. The Morgan fingerprint density at radius 3 is 2.00 bits per heavy atom. The summed E-state index contributed by atoms with van der Waals surface area (Å²) in [5.41, 5.74) is 0. The van der Waals surface area contributed by atoms with Crippen molar-refractivity contribution < 1.29 is 19.5 Å². The van der Waals surface area contributed by atoms with Crippen LogP contribution in [0, 0.1) is 0 Å². The zero-order valence-corrected chi connectivity index (χ0v) is 6.22. The first kappa shape index (κ1) is 14.0. The molecule has 4 nitrogen and oxygen atoms in total. The molecule has 58 valence electrons. The predicted molar refractivity (Wildman–Crippen MR) is 40.8 cm³/mol. The van der Waals surface area contributed by atoms with E-state index >= 15 is 0 Å². The summed E-state index contributed by atoms with van der Waals surface area (Å²) in [7, 11) is -4.07. The van der Waals surface area contributed by atoms with Gasteiger partial charge in [0.15, 0.2) is 0 Å². The summed E-state index contributed by atoms with van der Waals surface area (Å²) in [6.07, 6.45) is -1.66. The van der Waals surface area contributed by atoms with Crippen LogP contribution in [0.5, 0.6) is 0 Å². The Kier molecular flexibility index (Phi) is 8.34. The average molecular weight is 199 g/mol. The van der Waals surface area contributed by atoms with Gasteiger partial charge in [-0.2, -0.15) is 0 Å². The molecule has 0 aliphatic rings. The van der Waals surface area contributed by atoms with E-state index < -0.39 is 19.9 Å². The number of aliphatic hydroxyl groups excluding tert-OH is 1. The van der Waals surface area contributed by atoms with Gasteiger partial charge in [-0.15, -0.1) is 11.6 Å². The molecule has 0 aliphatic carbocycles. The van der Waals surface area contributed by atoms with E-state index in [1.54, 1.807) is 0 Å². The molecule has 0 aromatic carbocycles. The van der Waals surface area contributed by atoms with Crippen LogP contribution in [0.4, 0.5) is 0 Å². The monoisotopic (exact) mass is 198 g/mol. The molecule has 0 aromatic rings. The average Bonchev–Trinajstić information content (AvgIpc) is 1.62. The summed E-state index contributed by atoms with van der Waals surface area (Å²) in [5.74, 6) is -0.148. The minimum atomic E-state index is -4.07. The third-order valence-corrected chi connectivity index (χ3v) is 1.88. The summed E-state index contributed by atoms with van der Waals surface area (Å²) in [6.45, 7) is 0. The van der Waals surface area contributed by atoms with Gasteiger partial charge >= 0.3 is 37.2 Å². The molecule has 0 fully saturated rings. The molecular formula is C3H9ClNaO4P. The molecule has 0 radical (unpaired) electrons. The van der Waals surface area contributed by atoms with Gasteiger partial charge in [0.2, 0.25) is 0 Å². The van der Waals surface area contributed by atoms with Gasteiger partial charge in [0.25, 0.3) is 0 Å². The Balaban J connectivity index is 0. The van der Waals surface area contributed by atoms with E-state index in [4.69, 9.17) is 26.5 Å². The van der Waals surface area contributed by atoms with Crippen molar-refractivity contribution >= 4 is 48.8 Å². The van der Waals surface area contributed by atoms with Crippen LogP contribution in [0.3, 0.4) is 0 Å². The van der Waals surface area contributed by atoms with E-state index in [0.717, 1.165) is 0 Å². The Morgan fingerprint density at radius 1 is 1.50 bits per heavy atom. The first-order chi connectivity index (χ1) is 3.95. The Bertz CT molecular complexity index is 126. The van der Waals surface area contributed by atoms with Gasteiger partial charge in [0, 0.05) is 5.88 Å². The Labute approximate surface area is 86.0 Å². The fourth-order valence-electron chi connectivity index (χ4n) is 0.323. The number of halogens is 1. The molecule has 10 heavy (non-hydrogen) atoms. The van der Waals surface area contributed by atoms with Gasteiger partial charge in [0.1, 0.15) is 0 Å². The first-order valence-corrected chi connectivity index (χ1v) is 4.57. The molecule has 0 spiro atoms. The van der Waals surface area contributed by atoms with Crippen molar-refractivity contribution in [1.82, 2.24) is 0 Å². The molecule has 7 heteroatoms. The molecule has 1 atom stereocenters. The van der Waals surface area contributed by atoms with E-state index in [9.17, 15) is 4.57 Å². The molecule has 0 aliphatic heterocycles. The standard InChI is InChI=1S/C3H8ClO4P.Na.H/c4-1-3(5)2-9(6,7)8;;/h3,5H,1-2H2,(H2,6,7,8);;. The van der Waals surface area contributed by atoms with Crippen LogP contribution >= 0.6 is 19.2 Å². The fraction of sp³-hybridized carbons (Fsp3) is 1.00. The number of alkyl halides is 1. The molecular weight excluding hydrogens is 189 g/mol. The van der Waals surface area contributed by atoms with Crippen LogP contribution < -0.4 is 0 Å². The molecule has 0 saturated carbocycles. The topological polar surface area (TPSA) is 77.8 Å². The second-order valence-electron chi connectivity index (χ2n) is 1.66. The zero-order chi connectivity index (χ0) is 7.49. The number of rotatable bonds is 3. The van der Waals surface area contributed by atoms with E-state index in [-0.39, 0.29) is 35.4 Å². The van der Waals surface area contributed by atoms with Crippen molar-refractivity contribution in [1.29, 1.82) is 0 Å². The van der Waals surface area contributed by atoms with E-state index in [0.29, 0.717) is 0 Å². The Hall–Kier alpha value is 1.40. The van der Waals surface area contributed by atoms with Gasteiger partial charge in [-0.1, -0.05) is 0 Å². The second kappa shape index (κ2) is 5.98. The van der Waals surface area contributed by atoms with Gasteiger partial charge in [-0.3, -0.25) is 4.57 Å². The van der Waals surface area contributed by atoms with Gasteiger partial charge in [-0.25, -0.2) is 0 Å². The van der Waals surface area contributed by atoms with E-state index in [1.165, 1.54) is 0 Å². The van der Waals surface area contributed by atoms with Gasteiger partial charge in [-0.05, 0) is 0 Å². The number of aliphatic hydroxyl groups is 1. The van der Waals surface area contributed by atoms with Crippen LogP contribution in [0.1, 0.15) is 0 Å². The number of hydrogen-bond donors (Lipinski definition) is 3. The van der Waals surface area contributed by atoms with Crippen LogP contribution in [0.25, 0.3) is 0 Å². The normalized spacial score (nSPS) is 14.0. The third kappa shape index (κ3) is 9.40. The van der Waals surface area contributed by atoms with E-state index in [1.807, 2.05) is 0 Å². The summed E-state index contributed by atoms with van der Waals surface area (Å²) < 4.78 is 10.1. The quantitative estimate of drug-likeness (QED) is 0.313. The van der Waals surface area contributed by atoms with Crippen molar-refractivity contribution in [3.63, 3.8) is 0 Å². The van der Waals surface area contributed by atoms with E-state index in [2.05, 4.69) is 0 Å². The fourth-order valence-corrected chi connectivity index (χ4v) is 1.26. The van der Waals surface area contributed by atoms with Crippen LogP contribution in [0.15, 0.2) is 0 Å². The van der Waals surface area contributed by atoms with Crippen molar-refractivity contribution in [2.24, 2.45) is 0 Å². The summed E-state index contributed by atoms with van der Waals surface area (Å²) in [4.78, 5) is 16.4. The summed E-state index contributed by atoms with van der Waals surface area (Å²) in [5, 5.41) is 8.57. The predicted octanol–water partition coefficient (Wildman–Crippen LogP) is -0.885. The van der Waals surface area contributed by atoms with Gasteiger partial charge in [0.05, 0.1) is 12.3 Å². The van der Waals surface area contributed by atoms with Crippen LogP contribution in [-0.2, 0) is 4.57 Å². The van der Waals surface area contributed by atoms with Crippen molar-refractivity contribution in [2.45, 2.75) is 6.10 Å². The van der Waals surface area contributed by atoms with Crippen molar-refractivity contribution in [3.05, 3.63) is 0 Å². The SMILES string of the molecule is O=P(O)(O)CC(O)CCl.[NaH]. The molecule has 0 heterocycles. The maximum absolute atomic E-state index is 10.1. The molecule has 0 rings (SSSR count).